The molecular weight excluding hydrogens is 244 g/mol. The summed E-state index contributed by atoms with van der Waals surface area (Å²) in [5, 5.41) is 3.17. The van der Waals surface area contributed by atoms with Crippen LogP contribution >= 0.6 is 11.6 Å². The Morgan fingerprint density at radius 3 is 2.56 bits per heavy atom. The number of anilines is 1. The number of para-hydroxylation sites is 2. The van der Waals surface area contributed by atoms with E-state index in [-0.39, 0.29) is 5.38 Å². The van der Waals surface area contributed by atoms with Crippen LogP contribution in [0.1, 0.15) is 10.9 Å². The summed E-state index contributed by atoms with van der Waals surface area (Å²) in [7, 11) is 0. The maximum atomic E-state index is 6.48. The van der Waals surface area contributed by atoms with Gasteiger partial charge in [0.25, 0.3) is 0 Å². The number of hydrogen-bond donors (Lipinski definition) is 1. The maximum absolute atomic E-state index is 6.48. The smallest absolute Gasteiger partial charge is 0.0985 e. The number of rotatable bonds is 2. The molecule has 2 aromatic carbocycles. The van der Waals surface area contributed by atoms with Crippen LogP contribution in [0.2, 0.25) is 0 Å². The quantitative estimate of drug-likeness (QED) is 0.802. The lowest BCUT2D eigenvalue weighted by Gasteiger charge is -2.20. The first-order valence-corrected chi connectivity index (χ1v) is 6.37. The van der Waals surface area contributed by atoms with Gasteiger partial charge < -0.3 is 5.32 Å². The minimum Gasteiger partial charge on any atom is -0.378 e. The van der Waals surface area contributed by atoms with E-state index in [1.165, 1.54) is 0 Å². The maximum Gasteiger partial charge on any atom is 0.0985 e. The molecule has 3 rings (SSSR count). The Morgan fingerprint density at radius 2 is 1.72 bits per heavy atom. The minimum atomic E-state index is -0.174. The topological polar surface area (TPSA) is 24.4 Å². The normalized spacial score (nSPS) is 15.3. The second-order valence-electron chi connectivity index (χ2n) is 4.25. The number of hydrogen-bond acceptors (Lipinski definition) is 2. The number of nitrogens with one attached hydrogen (secondary N) is 1. The molecule has 1 atom stereocenters. The second kappa shape index (κ2) is 4.83. The molecule has 1 aliphatic heterocycles. The van der Waals surface area contributed by atoms with E-state index in [0.29, 0.717) is 6.54 Å². The number of aliphatic imine (C=N–C) groups is 1. The Balaban J connectivity index is 1.93. The van der Waals surface area contributed by atoms with E-state index in [2.05, 4.69) is 10.3 Å². The van der Waals surface area contributed by atoms with Gasteiger partial charge in [-0.05, 0) is 17.7 Å². The van der Waals surface area contributed by atoms with Crippen LogP contribution in [0.4, 0.5) is 11.4 Å². The van der Waals surface area contributed by atoms with Gasteiger partial charge in [-0.2, -0.15) is 0 Å². The van der Waals surface area contributed by atoms with Crippen molar-refractivity contribution < 1.29 is 0 Å². The molecule has 2 nitrogen and oxygen atoms in total. The van der Waals surface area contributed by atoms with E-state index in [0.717, 1.165) is 22.6 Å². The molecule has 0 spiro atoms. The van der Waals surface area contributed by atoms with E-state index in [9.17, 15) is 0 Å². The van der Waals surface area contributed by atoms with Gasteiger partial charge in [-0.3, -0.25) is 4.99 Å². The average Bonchev–Trinajstić information content (AvgIpc) is 2.47. The highest BCUT2D eigenvalue weighted by molar-refractivity contribution is 6.33. The molecule has 1 heterocycles. The Hall–Kier alpha value is -1.80. The summed E-state index contributed by atoms with van der Waals surface area (Å²) in [5.41, 5.74) is 4.07. The molecule has 1 unspecified atom stereocenters. The Bertz CT molecular complexity index is 578. The van der Waals surface area contributed by atoms with Crippen LogP contribution in [0.3, 0.4) is 0 Å². The molecule has 0 bridgehead atoms. The van der Waals surface area contributed by atoms with Gasteiger partial charge >= 0.3 is 0 Å². The monoisotopic (exact) mass is 256 g/mol. The molecular formula is C15H13ClN2. The molecule has 90 valence electrons. The predicted octanol–water partition coefficient (Wildman–Crippen LogP) is 4.16. The third-order valence-electron chi connectivity index (χ3n) is 3.01. The van der Waals surface area contributed by atoms with Crippen LogP contribution in [0.5, 0.6) is 0 Å². The number of alkyl halides is 1. The molecule has 0 aliphatic carbocycles. The number of fused-ring (bicyclic) bond motifs is 1. The van der Waals surface area contributed by atoms with Gasteiger partial charge in [0.1, 0.15) is 0 Å². The van der Waals surface area contributed by atoms with Crippen molar-refractivity contribution in [2.24, 2.45) is 4.99 Å². The first-order valence-electron chi connectivity index (χ1n) is 5.94. The highest BCUT2D eigenvalue weighted by atomic mass is 35.5. The first-order chi connectivity index (χ1) is 8.84. The summed E-state index contributed by atoms with van der Waals surface area (Å²) in [6.45, 7) is 0.695. The fraction of sp³-hybridized carbons (Fsp3) is 0.133. The Labute approximate surface area is 111 Å². The van der Waals surface area contributed by atoms with Crippen molar-refractivity contribution in [2.75, 3.05) is 11.9 Å². The van der Waals surface area contributed by atoms with Crippen LogP contribution in [0, 0.1) is 0 Å². The Morgan fingerprint density at radius 1 is 1.00 bits per heavy atom. The van der Waals surface area contributed by atoms with Crippen molar-refractivity contribution >= 4 is 28.7 Å². The van der Waals surface area contributed by atoms with Gasteiger partial charge in [0.05, 0.1) is 29.0 Å². The fourth-order valence-corrected chi connectivity index (χ4v) is 2.33. The minimum absolute atomic E-state index is 0.174. The average molecular weight is 257 g/mol. The predicted molar refractivity (Wildman–Crippen MR) is 77.1 cm³/mol. The number of halogens is 1. The van der Waals surface area contributed by atoms with Crippen molar-refractivity contribution in [3.05, 3.63) is 60.2 Å². The van der Waals surface area contributed by atoms with E-state index in [1.54, 1.807) is 0 Å². The zero-order valence-corrected chi connectivity index (χ0v) is 10.6. The summed E-state index contributed by atoms with van der Waals surface area (Å²) in [6, 6.07) is 18.0. The third kappa shape index (κ3) is 2.12. The van der Waals surface area contributed by atoms with Gasteiger partial charge in [-0.1, -0.05) is 42.5 Å². The van der Waals surface area contributed by atoms with Gasteiger partial charge in [0.15, 0.2) is 0 Å². The number of benzene rings is 2. The number of nitrogens with zero attached hydrogens (tertiary/aromatic N) is 1. The van der Waals surface area contributed by atoms with Crippen molar-refractivity contribution in [3.8, 4) is 0 Å². The van der Waals surface area contributed by atoms with Crippen molar-refractivity contribution in [2.45, 2.75) is 5.38 Å². The molecule has 0 saturated carbocycles. The van der Waals surface area contributed by atoms with Crippen LogP contribution in [0.15, 0.2) is 59.6 Å². The van der Waals surface area contributed by atoms with Gasteiger partial charge in [-0.15, -0.1) is 11.6 Å². The highest BCUT2D eigenvalue weighted by Gasteiger charge is 2.19. The largest absolute Gasteiger partial charge is 0.378 e. The summed E-state index contributed by atoms with van der Waals surface area (Å²) in [4.78, 5) is 4.64. The lowest BCUT2D eigenvalue weighted by Crippen LogP contribution is -2.21. The van der Waals surface area contributed by atoms with E-state index in [1.807, 2.05) is 54.6 Å². The van der Waals surface area contributed by atoms with Crippen LogP contribution in [-0.2, 0) is 0 Å². The summed E-state index contributed by atoms with van der Waals surface area (Å²) >= 11 is 6.48. The van der Waals surface area contributed by atoms with Gasteiger partial charge in [-0.25, -0.2) is 0 Å². The molecule has 0 amide bonds. The summed E-state index contributed by atoms with van der Waals surface area (Å²) < 4.78 is 0. The highest BCUT2D eigenvalue weighted by Crippen LogP contribution is 2.32. The van der Waals surface area contributed by atoms with Gasteiger partial charge in [0, 0.05) is 0 Å². The van der Waals surface area contributed by atoms with Crippen molar-refractivity contribution in [1.82, 2.24) is 0 Å². The molecule has 2 aromatic rings. The molecule has 0 fully saturated rings. The van der Waals surface area contributed by atoms with Crippen molar-refractivity contribution in [1.29, 1.82) is 0 Å². The van der Waals surface area contributed by atoms with Crippen LogP contribution in [-0.4, -0.2) is 12.3 Å². The lowest BCUT2D eigenvalue weighted by atomic mass is 10.1. The standard InChI is InChI=1S/C15H13ClN2/c16-15(11-6-2-1-3-7-11)14-10-17-12-8-4-5-9-13(12)18-14/h1-9,15,17H,10H2. The van der Waals surface area contributed by atoms with Gasteiger partial charge in [0.2, 0.25) is 0 Å². The van der Waals surface area contributed by atoms with Crippen LogP contribution < -0.4 is 5.32 Å². The molecule has 18 heavy (non-hydrogen) atoms. The molecule has 0 radical (unpaired) electrons. The molecule has 1 N–H and O–H groups in total. The Kier molecular flexibility index (Phi) is 3.03. The van der Waals surface area contributed by atoms with E-state index < -0.39 is 0 Å². The SMILES string of the molecule is ClC(C1=Nc2ccccc2NC1)c1ccccc1. The molecule has 0 aromatic heterocycles. The zero-order valence-electron chi connectivity index (χ0n) is 9.81. The van der Waals surface area contributed by atoms with E-state index >= 15 is 0 Å². The van der Waals surface area contributed by atoms with E-state index in [4.69, 9.17) is 11.6 Å². The summed E-state index contributed by atoms with van der Waals surface area (Å²) in [6.07, 6.45) is 0. The second-order valence-corrected chi connectivity index (χ2v) is 4.68. The first kappa shape index (κ1) is 11.3. The fourth-order valence-electron chi connectivity index (χ4n) is 2.06. The zero-order chi connectivity index (χ0) is 12.4. The lowest BCUT2D eigenvalue weighted by molar-refractivity contribution is 1.17. The molecule has 3 heteroatoms. The molecule has 0 saturated heterocycles. The van der Waals surface area contributed by atoms with Crippen LogP contribution in [0.25, 0.3) is 0 Å². The van der Waals surface area contributed by atoms with Crippen molar-refractivity contribution in [3.63, 3.8) is 0 Å². The molecule has 1 aliphatic rings. The third-order valence-corrected chi connectivity index (χ3v) is 3.52. The summed E-state index contributed by atoms with van der Waals surface area (Å²) in [5.74, 6) is 0.